The molecule has 112 valence electrons. The molecule has 3 nitrogen and oxygen atoms in total. The van der Waals surface area contributed by atoms with E-state index in [4.69, 9.17) is 0 Å². The zero-order valence-corrected chi connectivity index (χ0v) is 12.5. The molecule has 3 aliphatic rings. The lowest BCUT2D eigenvalue weighted by Crippen LogP contribution is -2.17. The summed E-state index contributed by atoms with van der Waals surface area (Å²) in [5.74, 6) is 1.90. The molecule has 2 unspecified atom stereocenters. The lowest BCUT2D eigenvalue weighted by Gasteiger charge is -2.08. The van der Waals surface area contributed by atoms with Crippen molar-refractivity contribution in [1.29, 1.82) is 0 Å². The van der Waals surface area contributed by atoms with Crippen LogP contribution in [0.4, 0.5) is 5.69 Å². The molecule has 2 N–H and O–H groups in total. The van der Waals surface area contributed by atoms with Crippen molar-refractivity contribution in [2.24, 2.45) is 17.8 Å². The lowest BCUT2D eigenvalue weighted by atomic mass is 10.0. The summed E-state index contributed by atoms with van der Waals surface area (Å²) in [5.41, 5.74) is 2.21. The van der Waals surface area contributed by atoms with E-state index in [1.165, 1.54) is 44.1 Å². The summed E-state index contributed by atoms with van der Waals surface area (Å²) in [7, 11) is 0. The summed E-state index contributed by atoms with van der Waals surface area (Å²) < 4.78 is 0. The van der Waals surface area contributed by atoms with Gasteiger partial charge in [0.15, 0.2) is 0 Å². The van der Waals surface area contributed by atoms with Crippen molar-refractivity contribution in [2.45, 2.75) is 51.1 Å². The molecular weight excluding hydrogens is 260 g/mol. The van der Waals surface area contributed by atoms with Gasteiger partial charge in [-0.1, -0.05) is 25.0 Å². The standard InChI is InChI=1S/C18H24N2O/c21-18(17-15-6-1-2-7-16(15)17)20-14-5-3-4-12(10-14)11-19-13-8-9-13/h3-5,10,13,15-17,19H,1-2,6-9,11H2,(H,20,21). The van der Waals surface area contributed by atoms with Gasteiger partial charge in [0, 0.05) is 24.2 Å². The highest BCUT2D eigenvalue weighted by Crippen LogP contribution is 2.55. The molecule has 0 bridgehead atoms. The topological polar surface area (TPSA) is 41.1 Å². The average molecular weight is 284 g/mol. The zero-order chi connectivity index (χ0) is 14.2. The van der Waals surface area contributed by atoms with E-state index in [0.29, 0.717) is 17.8 Å². The van der Waals surface area contributed by atoms with Gasteiger partial charge in [-0.15, -0.1) is 0 Å². The van der Waals surface area contributed by atoms with Gasteiger partial charge < -0.3 is 10.6 Å². The summed E-state index contributed by atoms with van der Waals surface area (Å²) in [4.78, 5) is 12.4. The molecule has 3 heteroatoms. The smallest absolute Gasteiger partial charge is 0.228 e. The van der Waals surface area contributed by atoms with Gasteiger partial charge in [-0.05, 0) is 55.2 Å². The number of hydrogen-bond acceptors (Lipinski definition) is 2. The number of carbonyl (C=O) groups is 1. The van der Waals surface area contributed by atoms with E-state index in [0.717, 1.165) is 18.3 Å². The number of benzene rings is 1. The van der Waals surface area contributed by atoms with Crippen LogP contribution < -0.4 is 10.6 Å². The molecule has 3 fully saturated rings. The van der Waals surface area contributed by atoms with Crippen molar-refractivity contribution in [3.63, 3.8) is 0 Å². The minimum atomic E-state index is 0.249. The van der Waals surface area contributed by atoms with E-state index in [-0.39, 0.29) is 5.91 Å². The fourth-order valence-electron chi connectivity index (χ4n) is 3.92. The highest BCUT2D eigenvalue weighted by Gasteiger charge is 2.54. The first-order chi connectivity index (χ1) is 10.3. The van der Waals surface area contributed by atoms with E-state index in [1.54, 1.807) is 0 Å². The molecule has 0 aliphatic heterocycles. The second kappa shape index (κ2) is 5.45. The van der Waals surface area contributed by atoms with E-state index in [9.17, 15) is 4.79 Å². The molecule has 21 heavy (non-hydrogen) atoms. The van der Waals surface area contributed by atoms with Gasteiger partial charge in [0.05, 0.1) is 0 Å². The number of rotatable bonds is 5. The lowest BCUT2D eigenvalue weighted by molar-refractivity contribution is -0.117. The first-order valence-corrected chi connectivity index (χ1v) is 8.44. The molecule has 0 heterocycles. The Bertz CT molecular complexity index is 526. The Labute approximate surface area is 126 Å². The van der Waals surface area contributed by atoms with E-state index in [1.807, 2.05) is 12.1 Å². The molecule has 3 saturated carbocycles. The molecule has 4 rings (SSSR count). The van der Waals surface area contributed by atoms with E-state index < -0.39 is 0 Å². The van der Waals surface area contributed by atoms with Gasteiger partial charge in [0.2, 0.25) is 5.91 Å². The van der Waals surface area contributed by atoms with Gasteiger partial charge in [-0.3, -0.25) is 4.79 Å². The van der Waals surface area contributed by atoms with Crippen molar-refractivity contribution in [2.75, 3.05) is 5.32 Å². The van der Waals surface area contributed by atoms with Crippen molar-refractivity contribution >= 4 is 11.6 Å². The summed E-state index contributed by atoms with van der Waals surface area (Å²) in [6.45, 7) is 0.906. The molecule has 3 aliphatic carbocycles. The quantitative estimate of drug-likeness (QED) is 0.871. The Morgan fingerprint density at radius 3 is 2.57 bits per heavy atom. The Morgan fingerprint density at radius 2 is 1.86 bits per heavy atom. The molecule has 0 saturated heterocycles. The Balaban J connectivity index is 1.35. The van der Waals surface area contributed by atoms with Crippen LogP contribution >= 0.6 is 0 Å². The van der Waals surface area contributed by atoms with Crippen LogP contribution in [-0.4, -0.2) is 11.9 Å². The summed E-state index contributed by atoms with van der Waals surface area (Å²) in [6, 6.07) is 9.00. The highest BCUT2D eigenvalue weighted by atomic mass is 16.2. The summed E-state index contributed by atoms with van der Waals surface area (Å²) in [5, 5.41) is 6.65. The SMILES string of the molecule is O=C(Nc1cccc(CNC2CC2)c1)C1C2CCCCC21. The van der Waals surface area contributed by atoms with Crippen molar-refractivity contribution < 1.29 is 4.79 Å². The van der Waals surface area contributed by atoms with Gasteiger partial charge in [0.1, 0.15) is 0 Å². The number of anilines is 1. The predicted molar refractivity (Wildman–Crippen MR) is 83.9 cm³/mol. The molecule has 0 spiro atoms. The molecule has 0 radical (unpaired) electrons. The molecule has 1 aromatic rings. The van der Waals surface area contributed by atoms with Crippen LogP contribution in [0.15, 0.2) is 24.3 Å². The number of nitrogens with one attached hydrogen (secondary N) is 2. The van der Waals surface area contributed by atoms with Gasteiger partial charge in [-0.25, -0.2) is 0 Å². The molecule has 1 amide bonds. The van der Waals surface area contributed by atoms with Crippen molar-refractivity contribution in [3.05, 3.63) is 29.8 Å². The third-order valence-electron chi connectivity index (χ3n) is 5.33. The van der Waals surface area contributed by atoms with Crippen LogP contribution in [0.2, 0.25) is 0 Å². The number of fused-ring (bicyclic) bond motifs is 1. The molecule has 0 aromatic heterocycles. The number of hydrogen-bond donors (Lipinski definition) is 2. The Hall–Kier alpha value is -1.35. The van der Waals surface area contributed by atoms with Gasteiger partial charge in [0.25, 0.3) is 0 Å². The van der Waals surface area contributed by atoms with Crippen LogP contribution in [0.25, 0.3) is 0 Å². The maximum absolute atomic E-state index is 12.4. The third kappa shape index (κ3) is 2.98. The van der Waals surface area contributed by atoms with Gasteiger partial charge >= 0.3 is 0 Å². The first-order valence-electron chi connectivity index (χ1n) is 8.44. The molecule has 1 aromatic carbocycles. The van der Waals surface area contributed by atoms with Crippen molar-refractivity contribution in [3.8, 4) is 0 Å². The van der Waals surface area contributed by atoms with E-state index >= 15 is 0 Å². The monoisotopic (exact) mass is 284 g/mol. The van der Waals surface area contributed by atoms with Crippen LogP contribution in [-0.2, 0) is 11.3 Å². The van der Waals surface area contributed by atoms with Crippen LogP contribution in [0.3, 0.4) is 0 Å². The summed E-state index contributed by atoms with van der Waals surface area (Å²) in [6.07, 6.45) is 7.75. The van der Waals surface area contributed by atoms with Crippen molar-refractivity contribution in [1.82, 2.24) is 5.32 Å². The average Bonchev–Trinajstić information content (AvgIpc) is 3.39. The number of carbonyl (C=O) groups excluding carboxylic acids is 1. The van der Waals surface area contributed by atoms with Crippen LogP contribution in [0, 0.1) is 17.8 Å². The predicted octanol–water partition coefficient (Wildman–Crippen LogP) is 3.31. The minimum absolute atomic E-state index is 0.249. The maximum atomic E-state index is 12.4. The highest BCUT2D eigenvalue weighted by molar-refractivity contribution is 5.95. The zero-order valence-electron chi connectivity index (χ0n) is 12.5. The van der Waals surface area contributed by atoms with E-state index in [2.05, 4.69) is 22.8 Å². The second-order valence-electron chi connectivity index (χ2n) is 6.98. The second-order valence-corrected chi connectivity index (χ2v) is 6.98. The Morgan fingerprint density at radius 1 is 1.10 bits per heavy atom. The molecular formula is C18H24N2O. The summed E-state index contributed by atoms with van der Waals surface area (Å²) >= 11 is 0. The third-order valence-corrected chi connectivity index (χ3v) is 5.33. The maximum Gasteiger partial charge on any atom is 0.228 e. The Kier molecular flexibility index (Phi) is 3.46. The van der Waals surface area contributed by atoms with Crippen LogP contribution in [0.1, 0.15) is 44.1 Å². The fourth-order valence-corrected chi connectivity index (χ4v) is 3.92. The fraction of sp³-hybridized carbons (Fsp3) is 0.611. The first kappa shape index (κ1) is 13.3. The molecule has 2 atom stereocenters. The number of amides is 1. The normalized spacial score (nSPS) is 30.6. The minimum Gasteiger partial charge on any atom is -0.326 e. The van der Waals surface area contributed by atoms with Crippen LogP contribution in [0.5, 0.6) is 0 Å². The largest absolute Gasteiger partial charge is 0.326 e. The van der Waals surface area contributed by atoms with Gasteiger partial charge in [-0.2, -0.15) is 0 Å².